The number of alkyl halides is 3. The standard InChI is InChI=1S/C24H14Cl2F3IN2O4/c25-13-4-1-11(2-5-13)20(23(35)36)32-19(12-3-7-17(26)16(9-12)24(27,28)29)21(33)31-18-8-6-14(30)10-15(18)22(32)34/h1-10,19-20H,(H,31,33)(H,35,36). The van der Waals surface area contributed by atoms with Gasteiger partial charge in [0.05, 0.1) is 21.8 Å². The highest BCUT2D eigenvalue weighted by Gasteiger charge is 2.45. The van der Waals surface area contributed by atoms with Crippen LogP contribution in [0.4, 0.5) is 18.9 Å². The average Bonchev–Trinajstić information content (AvgIpc) is 2.89. The van der Waals surface area contributed by atoms with Crippen molar-refractivity contribution >= 4 is 69.3 Å². The average molecular weight is 649 g/mol. The molecule has 2 unspecified atom stereocenters. The molecule has 0 fully saturated rings. The lowest BCUT2D eigenvalue weighted by Gasteiger charge is -2.34. The molecular formula is C24H14Cl2F3IN2O4. The highest BCUT2D eigenvalue weighted by atomic mass is 127. The van der Waals surface area contributed by atoms with Crippen LogP contribution in [0.15, 0.2) is 60.7 Å². The molecule has 3 aromatic carbocycles. The lowest BCUT2D eigenvalue weighted by Crippen LogP contribution is -2.44. The summed E-state index contributed by atoms with van der Waals surface area (Å²) in [5, 5.41) is 12.4. The summed E-state index contributed by atoms with van der Waals surface area (Å²) >= 11 is 13.6. The molecule has 2 atom stereocenters. The van der Waals surface area contributed by atoms with E-state index in [4.69, 9.17) is 23.2 Å². The first-order valence-electron chi connectivity index (χ1n) is 10.2. The second kappa shape index (κ2) is 9.91. The van der Waals surface area contributed by atoms with Gasteiger partial charge in [-0.3, -0.25) is 9.59 Å². The molecule has 0 bridgehead atoms. The van der Waals surface area contributed by atoms with Crippen LogP contribution < -0.4 is 5.32 Å². The van der Waals surface area contributed by atoms with E-state index >= 15 is 0 Å². The second-order valence-electron chi connectivity index (χ2n) is 7.82. The summed E-state index contributed by atoms with van der Waals surface area (Å²) < 4.78 is 41.5. The summed E-state index contributed by atoms with van der Waals surface area (Å²) in [5.74, 6) is -3.25. The first-order chi connectivity index (χ1) is 16.9. The van der Waals surface area contributed by atoms with Crippen LogP contribution in [0, 0.1) is 3.57 Å². The van der Waals surface area contributed by atoms with E-state index in [9.17, 15) is 32.7 Å². The number of halogens is 6. The van der Waals surface area contributed by atoms with Crippen LogP contribution in [-0.4, -0.2) is 27.8 Å². The molecule has 1 heterocycles. The van der Waals surface area contributed by atoms with Gasteiger partial charge in [0.25, 0.3) is 11.8 Å². The molecule has 1 aliphatic rings. The first kappa shape index (κ1) is 26.2. The number of carbonyl (C=O) groups is 3. The maximum atomic E-state index is 13.8. The highest BCUT2D eigenvalue weighted by molar-refractivity contribution is 14.1. The number of amides is 2. The molecule has 3 aromatic rings. The van der Waals surface area contributed by atoms with Crippen molar-refractivity contribution < 1.29 is 32.7 Å². The number of anilines is 1. The number of nitrogens with zero attached hydrogens (tertiary/aromatic N) is 1. The van der Waals surface area contributed by atoms with Gasteiger partial charge in [0, 0.05) is 8.59 Å². The molecule has 0 saturated carbocycles. The largest absolute Gasteiger partial charge is 0.479 e. The normalized spacial score (nSPS) is 16.7. The third kappa shape index (κ3) is 5.02. The number of fused-ring (bicyclic) bond motifs is 1. The van der Waals surface area contributed by atoms with Crippen molar-refractivity contribution in [2.75, 3.05) is 5.32 Å². The number of nitrogens with one attached hydrogen (secondary N) is 1. The van der Waals surface area contributed by atoms with Gasteiger partial charge < -0.3 is 15.3 Å². The molecule has 0 aromatic heterocycles. The van der Waals surface area contributed by atoms with Crippen LogP contribution >= 0.6 is 45.8 Å². The van der Waals surface area contributed by atoms with Crippen molar-refractivity contribution in [1.82, 2.24) is 4.90 Å². The summed E-state index contributed by atoms with van der Waals surface area (Å²) in [6, 6.07) is 9.37. The van der Waals surface area contributed by atoms with Crippen molar-refractivity contribution in [3.63, 3.8) is 0 Å². The van der Waals surface area contributed by atoms with E-state index in [0.717, 1.165) is 17.0 Å². The predicted octanol–water partition coefficient (Wildman–Crippen LogP) is 6.58. The Morgan fingerprint density at radius 3 is 2.31 bits per heavy atom. The number of hydrogen-bond donors (Lipinski definition) is 2. The molecule has 4 rings (SSSR count). The molecule has 6 nitrogen and oxygen atoms in total. The fourth-order valence-electron chi connectivity index (χ4n) is 3.96. The van der Waals surface area contributed by atoms with Crippen molar-refractivity contribution in [2.24, 2.45) is 0 Å². The van der Waals surface area contributed by atoms with Gasteiger partial charge in [-0.1, -0.05) is 41.4 Å². The zero-order valence-electron chi connectivity index (χ0n) is 17.8. The first-order valence-corrected chi connectivity index (χ1v) is 12.0. The Bertz CT molecular complexity index is 1380. The molecule has 0 radical (unpaired) electrons. The Morgan fingerprint density at radius 2 is 1.69 bits per heavy atom. The van der Waals surface area contributed by atoms with Gasteiger partial charge in [-0.25, -0.2) is 4.79 Å². The summed E-state index contributed by atoms with van der Waals surface area (Å²) in [7, 11) is 0. The summed E-state index contributed by atoms with van der Waals surface area (Å²) in [6.45, 7) is 0. The number of carboxylic acids is 1. The molecule has 2 amide bonds. The quantitative estimate of drug-likeness (QED) is 0.313. The van der Waals surface area contributed by atoms with Crippen LogP contribution in [0.5, 0.6) is 0 Å². The Morgan fingerprint density at radius 1 is 1.03 bits per heavy atom. The molecule has 0 spiro atoms. The smallest absolute Gasteiger partial charge is 0.417 e. The lowest BCUT2D eigenvalue weighted by atomic mass is 9.96. The van der Waals surface area contributed by atoms with Crippen molar-refractivity contribution in [1.29, 1.82) is 0 Å². The topological polar surface area (TPSA) is 86.7 Å². The summed E-state index contributed by atoms with van der Waals surface area (Å²) in [4.78, 5) is 40.6. The maximum absolute atomic E-state index is 13.8. The van der Waals surface area contributed by atoms with Crippen molar-refractivity contribution in [3.05, 3.63) is 96.5 Å². The summed E-state index contributed by atoms with van der Waals surface area (Å²) in [6.07, 6.45) is -4.86. The van der Waals surface area contributed by atoms with Gasteiger partial charge in [0.1, 0.15) is 6.04 Å². The molecule has 12 heteroatoms. The van der Waals surface area contributed by atoms with Gasteiger partial charge in [-0.15, -0.1) is 0 Å². The summed E-state index contributed by atoms with van der Waals surface area (Å²) in [5.41, 5.74) is -1.31. The zero-order valence-corrected chi connectivity index (χ0v) is 21.5. The van der Waals surface area contributed by atoms with Gasteiger partial charge in [-0.05, 0) is 76.2 Å². The monoisotopic (exact) mass is 648 g/mol. The number of carbonyl (C=O) groups excluding carboxylic acids is 2. The van der Waals surface area contributed by atoms with E-state index in [1.54, 1.807) is 6.07 Å². The van der Waals surface area contributed by atoms with Crippen LogP contribution in [0.2, 0.25) is 10.0 Å². The molecule has 0 saturated heterocycles. The van der Waals surface area contributed by atoms with Gasteiger partial charge in [-0.2, -0.15) is 13.2 Å². The Hall–Kier alpha value is -2.83. The highest BCUT2D eigenvalue weighted by Crippen LogP contribution is 2.41. The van der Waals surface area contributed by atoms with Crippen LogP contribution in [0.3, 0.4) is 0 Å². The number of hydrogen-bond acceptors (Lipinski definition) is 3. The molecule has 2 N–H and O–H groups in total. The number of rotatable bonds is 4. The van der Waals surface area contributed by atoms with E-state index in [1.807, 2.05) is 22.6 Å². The number of carboxylic acid groups (broad SMARTS) is 1. The van der Waals surface area contributed by atoms with E-state index in [2.05, 4.69) is 5.32 Å². The van der Waals surface area contributed by atoms with Crippen LogP contribution in [0.1, 0.15) is 39.1 Å². The Labute approximate surface area is 226 Å². The molecular weight excluding hydrogens is 635 g/mol. The van der Waals surface area contributed by atoms with E-state index < -0.39 is 46.6 Å². The van der Waals surface area contributed by atoms with E-state index in [0.29, 0.717) is 14.7 Å². The minimum atomic E-state index is -4.86. The fourth-order valence-corrected chi connectivity index (χ4v) is 4.80. The predicted molar refractivity (Wildman–Crippen MR) is 135 cm³/mol. The fraction of sp³-hybridized carbons (Fsp3) is 0.125. The molecule has 0 aliphatic carbocycles. The van der Waals surface area contributed by atoms with E-state index in [-0.39, 0.29) is 22.4 Å². The second-order valence-corrected chi connectivity index (χ2v) is 9.91. The minimum absolute atomic E-state index is 0.0111. The van der Waals surface area contributed by atoms with E-state index in [1.165, 1.54) is 36.4 Å². The molecule has 36 heavy (non-hydrogen) atoms. The van der Waals surface area contributed by atoms with Gasteiger partial charge >= 0.3 is 12.1 Å². The maximum Gasteiger partial charge on any atom is 0.417 e. The molecule has 1 aliphatic heterocycles. The third-order valence-corrected chi connectivity index (χ3v) is 6.79. The zero-order chi connectivity index (χ0) is 26.4. The Balaban J connectivity index is 1.99. The minimum Gasteiger partial charge on any atom is -0.479 e. The molecule has 186 valence electrons. The SMILES string of the molecule is O=C(O)C(c1ccc(Cl)cc1)N1C(=O)c2cc(I)ccc2NC(=O)C1c1ccc(Cl)c(C(F)(F)F)c1. The van der Waals surface area contributed by atoms with Gasteiger partial charge in [0.2, 0.25) is 0 Å². The van der Waals surface area contributed by atoms with Gasteiger partial charge in [0.15, 0.2) is 6.04 Å². The third-order valence-electron chi connectivity index (χ3n) is 5.54. The lowest BCUT2D eigenvalue weighted by molar-refractivity contribution is -0.144. The van der Waals surface area contributed by atoms with Crippen LogP contribution in [-0.2, 0) is 15.8 Å². The van der Waals surface area contributed by atoms with Crippen molar-refractivity contribution in [2.45, 2.75) is 18.3 Å². The van der Waals surface area contributed by atoms with Crippen molar-refractivity contribution in [3.8, 4) is 0 Å². The number of benzene rings is 3. The number of aliphatic carboxylic acids is 1. The van der Waals surface area contributed by atoms with Crippen LogP contribution in [0.25, 0.3) is 0 Å². The Kier molecular flexibility index (Phi) is 7.22.